The fourth-order valence-electron chi connectivity index (χ4n) is 12.3. The van der Waals surface area contributed by atoms with Gasteiger partial charge in [0.15, 0.2) is 34.4 Å². The van der Waals surface area contributed by atoms with E-state index < -0.39 is 0 Å². The van der Waals surface area contributed by atoms with Gasteiger partial charge >= 0.3 is 12.1 Å². The summed E-state index contributed by atoms with van der Waals surface area (Å²) in [7, 11) is 3.09. The van der Waals surface area contributed by atoms with Crippen LogP contribution >= 0.6 is 0 Å². The molecule has 474 valence electrons. The molecule has 0 radical (unpaired) electrons. The van der Waals surface area contributed by atoms with Gasteiger partial charge in [-0.05, 0) is 198 Å². The number of unbranched alkanes of at least 4 members (excludes halogenated alkanes) is 1. The first-order valence-corrected chi connectivity index (χ1v) is 31.7. The van der Waals surface area contributed by atoms with E-state index in [9.17, 15) is 24.3 Å². The number of amides is 6. The van der Waals surface area contributed by atoms with Crippen molar-refractivity contribution in [1.29, 1.82) is 0 Å². The second-order valence-corrected chi connectivity index (χ2v) is 23.3. The lowest BCUT2D eigenvalue weighted by Gasteiger charge is -2.44. The molecule has 4 fully saturated rings. The number of carbonyl (C=O) groups is 4. The first-order chi connectivity index (χ1) is 43.2. The van der Waals surface area contributed by atoms with Gasteiger partial charge in [-0.2, -0.15) is 0 Å². The molecular formula is C70H88N8O11. The molecule has 4 unspecified atom stereocenters. The lowest BCUT2D eigenvalue weighted by Crippen LogP contribution is -2.54. The second kappa shape index (κ2) is 31.1. The van der Waals surface area contributed by atoms with Crippen molar-refractivity contribution in [2.45, 2.75) is 166 Å². The van der Waals surface area contributed by atoms with Crippen molar-refractivity contribution in [1.82, 2.24) is 20.9 Å². The number of aliphatic hydroxyl groups excluding tert-OH is 1. The van der Waals surface area contributed by atoms with Crippen molar-refractivity contribution in [2.24, 2.45) is 0 Å². The van der Waals surface area contributed by atoms with Crippen molar-refractivity contribution < 1.29 is 52.7 Å². The average Bonchev–Trinajstić information content (AvgIpc) is 1.72. The van der Waals surface area contributed by atoms with Crippen LogP contribution in [-0.4, -0.2) is 96.9 Å². The topological polar surface area (TPSA) is 231 Å². The highest BCUT2D eigenvalue weighted by Gasteiger charge is 2.50. The molecule has 0 aromatic heterocycles. The van der Waals surface area contributed by atoms with Gasteiger partial charge in [-0.3, -0.25) is 19.8 Å². The Morgan fingerprint density at radius 1 is 0.517 bits per heavy atom. The zero-order valence-corrected chi connectivity index (χ0v) is 52.2. The molecule has 4 aliphatic heterocycles. The van der Waals surface area contributed by atoms with Crippen LogP contribution in [0, 0.1) is 0 Å². The standard InChI is InChI=1S/C37H48N4O6.C33H40N4O5/c1-4-27(5-2)39-36(44)40-29-14-19-33(34(25-29)45-3)46-31-17-12-28(13-18-31)38-35(43)26-10-15-32(16-11-26)47-37-21-8-9-30(20-22-37)41(37)23-6-7-24-42;1-4-23(5-2)35-32(39)36-26-12-17-29(30(21-26)40-3)41-27-15-10-24(11-16-27)34-31(38)22-8-13-28(14-9-22)42-33-19-6-7-25(37-33)18-20-33/h10-19,25,27,30,42H,4-9,20-24H2,1-3H3,(H,38,43)(H2,39,40,44);8-17,21,23,25,37H,4-7,18-20H2,1-3H3,(H,34,38)(H2,35,36,39). The number of hydrogen-bond donors (Lipinski definition) is 8. The fraction of sp³-hybridized carbons (Fsp3) is 0.429. The molecule has 8 N–H and O–H groups in total. The Morgan fingerprint density at radius 3 is 1.47 bits per heavy atom. The van der Waals surface area contributed by atoms with Gasteiger partial charge in [0.1, 0.15) is 23.0 Å². The van der Waals surface area contributed by atoms with Gasteiger partial charge in [0.25, 0.3) is 11.8 Å². The van der Waals surface area contributed by atoms with E-state index in [1.807, 2.05) is 52.0 Å². The minimum absolute atomic E-state index is 0.119. The third-order valence-corrected chi connectivity index (χ3v) is 17.3. The number of ether oxygens (including phenoxy) is 6. The summed E-state index contributed by atoms with van der Waals surface area (Å²) in [5.41, 5.74) is 2.99. The Kier molecular flexibility index (Phi) is 22.7. The molecule has 0 spiro atoms. The Morgan fingerprint density at radius 2 is 0.989 bits per heavy atom. The minimum Gasteiger partial charge on any atom is -0.493 e. The predicted octanol–water partition coefficient (Wildman–Crippen LogP) is 14.6. The highest BCUT2D eigenvalue weighted by atomic mass is 16.5. The van der Waals surface area contributed by atoms with E-state index in [1.165, 1.54) is 19.3 Å². The van der Waals surface area contributed by atoms with Crippen LogP contribution in [0.5, 0.6) is 46.0 Å². The van der Waals surface area contributed by atoms with Crippen molar-refractivity contribution in [3.63, 3.8) is 0 Å². The number of anilines is 4. The van der Waals surface area contributed by atoms with Crippen molar-refractivity contribution >= 4 is 46.6 Å². The van der Waals surface area contributed by atoms with Crippen molar-refractivity contribution in [2.75, 3.05) is 48.6 Å². The third-order valence-electron chi connectivity index (χ3n) is 17.3. The molecule has 6 aromatic carbocycles. The molecule has 19 heteroatoms. The number of hydrogen-bond acceptors (Lipinski definition) is 13. The van der Waals surface area contributed by atoms with Gasteiger partial charge in [0.05, 0.1) is 14.2 Å². The number of aliphatic hydroxyl groups is 1. The van der Waals surface area contributed by atoms with Gasteiger partial charge in [0.2, 0.25) is 0 Å². The molecule has 19 nitrogen and oxygen atoms in total. The summed E-state index contributed by atoms with van der Waals surface area (Å²) in [6, 6.07) is 40.1. The number of carbonyl (C=O) groups excluding carboxylic acids is 4. The second-order valence-electron chi connectivity index (χ2n) is 23.3. The smallest absolute Gasteiger partial charge is 0.319 e. The van der Waals surface area contributed by atoms with Crippen LogP contribution in [0.2, 0.25) is 0 Å². The maximum atomic E-state index is 13.0. The largest absolute Gasteiger partial charge is 0.493 e. The lowest BCUT2D eigenvalue weighted by atomic mass is 9.99. The molecule has 6 amide bonds. The molecule has 4 atom stereocenters. The SMILES string of the molecule is CCC(CC)NC(=O)Nc1ccc(Oc2ccc(NC(=O)c3ccc(OC45CCCC(CC4)N5)cc3)cc2)c(OC)c1.CCC(CC)NC(=O)Nc1ccc(Oc2ccc(NC(=O)c3ccc(OC45CCCC(CC4)N5CCCCO)cc3)cc2)c(OC)c1. The van der Waals surface area contributed by atoms with Crippen LogP contribution in [0.1, 0.15) is 151 Å². The zero-order valence-electron chi connectivity index (χ0n) is 52.2. The van der Waals surface area contributed by atoms with E-state index in [2.05, 4.69) is 42.1 Å². The van der Waals surface area contributed by atoms with Crippen molar-refractivity contribution in [3.05, 3.63) is 145 Å². The number of benzene rings is 6. The Balaban J connectivity index is 0.000000213. The highest BCUT2D eigenvalue weighted by Crippen LogP contribution is 2.46. The van der Waals surface area contributed by atoms with Crippen LogP contribution < -0.4 is 65.6 Å². The Hall–Kier alpha value is -8.52. The van der Waals surface area contributed by atoms with E-state index in [-0.39, 0.29) is 54.0 Å². The normalized spacial score (nSPS) is 19.0. The Labute approximate surface area is 523 Å². The molecule has 0 aliphatic carbocycles. The third kappa shape index (κ3) is 17.4. The van der Waals surface area contributed by atoms with Crippen molar-refractivity contribution in [3.8, 4) is 46.0 Å². The molecule has 4 heterocycles. The quantitative estimate of drug-likeness (QED) is 0.0237. The van der Waals surface area contributed by atoms with Crippen LogP contribution in [0.25, 0.3) is 0 Å². The summed E-state index contributed by atoms with van der Waals surface area (Å²) in [5, 5.41) is 30.3. The maximum Gasteiger partial charge on any atom is 0.319 e. The van der Waals surface area contributed by atoms with Gasteiger partial charge in [0, 0.05) is 109 Å². The maximum absolute atomic E-state index is 13.0. The number of nitrogens with zero attached hydrogens (tertiary/aromatic N) is 1. The predicted molar refractivity (Wildman–Crippen MR) is 347 cm³/mol. The molecule has 0 saturated carbocycles. The number of fused-ring (bicyclic) bond motifs is 4. The van der Waals surface area contributed by atoms with Crippen LogP contribution in [0.4, 0.5) is 32.3 Å². The molecule has 10 rings (SSSR count). The summed E-state index contributed by atoms with van der Waals surface area (Å²) >= 11 is 0. The number of nitrogens with one attached hydrogen (secondary N) is 7. The molecule has 4 saturated heterocycles. The lowest BCUT2D eigenvalue weighted by molar-refractivity contribution is -0.0980. The van der Waals surface area contributed by atoms with E-state index in [4.69, 9.17) is 28.4 Å². The number of methoxy groups -OCH3 is 2. The van der Waals surface area contributed by atoms with Gasteiger partial charge < -0.3 is 65.4 Å². The first kappa shape index (κ1) is 64.9. The molecule has 89 heavy (non-hydrogen) atoms. The average molecular weight is 1220 g/mol. The van der Waals surface area contributed by atoms with Gasteiger partial charge in [-0.1, -0.05) is 27.7 Å². The molecule has 6 aromatic rings. The summed E-state index contributed by atoms with van der Waals surface area (Å²) in [4.78, 5) is 53.0. The van der Waals surface area contributed by atoms with E-state index >= 15 is 0 Å². The number of urea groups is 2. The molecule has 4 bridgehead atoms. The molecular weight excluding hydrogens is 1130 g/mol. The van der Waals surface area contributed by atoms with Crippen LogP contribution in [0.15, 0.2) is 133 Å². The van der Waals surface area contributed by atoms with E-state index in [0.717, 1.165) is 102 Å². The van der Waals surface area contributed by atoms with Gasteiger partial charge in [-0.25, -0.2) is 9.59 Å². The highest BCUT2D eigenvalue weighted by molar-refractivity contribution is 6.05. The summed E-state index contributed by atoms with van der Waals surface area (Å²) in [5.74, 6) is 4.20. The van der Waals surface area contributed by atoms with Crippen LogP contribution in [-0.2, 0) is 0 Å². The Bertz CT molecular complexity index is 3280. The van der Waals surface area contributed by atoms with E-state index in [0.29, 0.717) is 80.5 Å². The summed E-state index contributed by atoms with van der Waals surface area (Å²) in [6.07, 6.45) is 16.3. The number of rotatable bonds is 26. The van der Waals surface area contributed by atoms with Crippen LogP contribution in [0.3, 0.4) is 0 Å². The monoisotopic (exact) mass is 1220 g/mol. The minimum atomic E-state index is -0.294. The van der Waals surface area contributed by atoms with Gasteiger partial charge in [-0.15, -0.1) is 0 Å². The van der Waals surface area contributed by atoms with E-state index in [1.54, 1.807) is 123 Å². The zero-order chi connectivity index (χ0) is 62.8. The summed E-state index contributed by atoms with van der Waals surface area (Å²) < 4.78 is 36.0. The molecule has 4 aliphatic rings. The fourth-order valence-corrected chi connectivity index (χ4v) is 12.3. The number of piperidine rings is 2. The summed E-state index contributed by atoms with van der Waals surface area (Å²) in [6.45, 7) is 9.31. The first-order valence-electron chi connectivity index (χ1n) is 31.7.